The molecule has 1 aromatic carbocycles. The van der Waals surface area contributed by atoms with E-state index in [-0.39, 0.29) is 5.91 Å². The molecule has 1 amide bonds. The van der Waals surface area contributed by atoms with Crippen LogP contribution in [-0.4, -0.2) is 32.6 Å². The molecule has 0 bridgehead atoms. The van der Waals surface area contributed by atoms with E-state index in [0.717, 1.165) is 32.1 Å². The number of carbonyl (C=O) groups excluding carboxylic acids is 1. The molecule has 4 rings (SSSR count). The highest BCUT2D eigenvalue weighted by molar-refractivity contribution is 8.00. The maximum Gasteiger partial charge on any atom is 0.289 e. The van der Waals surface area contributed by atoms with Gasteiger partial charge in [-0.05, 0) is 13.0 Å². The van der Waals surface area contributed by atoms with Crippen LogP contribution >= 0.6 is 23.1 Å². The largest absolute Gasteiger partial charge is 0.451 e. The van der Waals surface area contributed by atoms with Gasteiger partial charge in [-0.2, -0.15) is 5.10 Å². The Morgan fingerprint density at radius 2 is 2.18 bits per heavy atom. The number of furan rings is 1. The van der Waals surface area contributed by atoms with Gasteiger partial charge < -0.3 is 9.32 Å². The zero-order valence-corrected chi connectivity index (χ0v) is 17.5. The second-order valence-corrected chi connectivity index (χ2v) is 8.71. The number of hydrogen-bond donors (Lipinski definition) is 0. The maximum atomic E-state index is 13.1. The van der Waals surface area contributed by atoms with Gasteiger partial charge in [-0.1, -0.05) is 30.0 Å². The van der Waals surface area contributed by atoms with Gasteiger partial charge in [-0.15, -0.1) is 11.3 Å². The van der Waals surface area contributed by atoms with Gasteiger partial charge >= 0.3 is 0 Å². The van der Waals surface area contributed by atoms with Crippen LogP contribution < -0.4 is 0 Å². The van der Waals surface area contributed by atoms with Gasteiger partial charge in [0.2, 0.25) is 0 Å². The van der Waals surface area contributed by atoms with Gasteiger partial charge in [0.05, 0.1) is 6.20 Å². The van der Waals surface area contributed by atoms with Crippen LogP contribution in [0.3, 0.4) is 0 Å². The Hall–Kier alpha value is -2.58. The molecule has 0 unspecified atom stereocenters. The number of para-hydroxylation sites is 1. The van der Waals surface area contributed by atoms with Crippen molar-refractivity contribution in [1.82, 2.24) is 19.7 Å². The number of thioether (sulfide) groups is 1. The van der Waals surface area contributed by atoms with Crippen LogP contribution in [0.4, 0.5) is 0 Å². The number of aryl methyl sites for hydroxylation is 2. The number of thiazole rings is 1. The van der Waals surface area contributed by atoms with Crippen LogP contribution in [0.25, 0.3) is 11.0 Å². The minimum absolute atomic E-state index is 0.133. The zero-order chi connectivity index (χ0) is 19.7. The van der Waals surface area contributed by atoms with E-state index in [9.17, 15) is 4.79 Å². The van der Waals surface area contributed by atoms with Crippen molar-refractivity contribution in [1.29, 1.82) is 0 Å². The second-order valence-electron chi connectivity index (χ2n) is 6.63. The molecule has 4 aromatic rings. The molecule has 8 heteroatoms. The normalized spacial score (nSPS) is 11.2. The third-order valence-corrected chi connectivity index (χ3v) is 6.52. The first kappa shape index (κ1) is 18.8. The highest BCUT2D eigenvalue weighted by Gasteiger charge is 2.24. The molecule has 0 radical (unpaired) electrons. The van der Waals surface area contributed by atoms with Crippen molar-refractivity contribution < 1.29 is 9.21 Å². The van der Waals surface area contributed by atoms with Crippen molar-refractivity contribution in [2.45, 2.75) is 23.6 Å². The topological polar surface area (TPSA) is 64.2 Å². The number of aromatic nitrogens is 3. The average molecular weight is 413 g/mol. The molecule has 3 aromatic heterocycles. The summed E-state index contributed by atoms with van der Waals surface area (Å²) in [6, 6.07) is 7.78. The zero-order valence-electron chi connectivity index (χ0n) is 15.9. The van der Waals surface area contributed by atoms with Crippen molar-refractivity contribution in [2.75, 3.05) is 7.05 Å². The van der Waals surface area contributed by atoms with Crippen LogP contribution in [0.15, 0.2) is 50.8 Å². The maximum absolute atomic E-state index is 13.1. The number of amides is 1. The van der Waals surface area contributed by atoms with E-state index in [4.69, 9.17) is 4.42 Å². The fourth-order valence-electron chi connectivity index (χ4n) is 3.02. The van der Waals surface area contributed by atoms with Crippen LogP contribution in [0, 0.1) is 6.92 Å². The van der Waals surface area contributed by atoms with E-state index in [0.29, 0.717) is 18.1 Å². The summed E-state index contributed by atoms with van der Waals surface area (Å²) < 4.78 is 8.70. The molecule has 0 N–H and O–H groups in total. The van der Waals surface area contributed by atoms with Crippen LogP contribution in [-0.2, 0) is 19.3 Å². The van der Waals surface area contributed by atoms with Gasteiger partial charge in [-0.3, -0.25) is 9.48 Å². The highest BCUT2D eigenvalue weighted by Crippen LogP contribution is 2.33. The number of carbonyl (C=O) groups is 1. The molecule has 0 saturated carbocycles. The summed E-state index contributed by atoms with van der Waals surface area (Å²) in [5.41, 5.74) is 3.63. The minimum Gasteiger partial charge on any atom is -0.451 e. The van der Waals surface area contributed by atoms with Crippen molar-refractivity contribution in [3.8, 4) is 0 Å². The van der Waals surface area contributed by atoms with Crippen molar-refractivity contribution >= 4 is 40.0 Å². The molecule has 28 heavy (non-hydrogen) atoms. The van der Waals surface area contributed by atoms with E-state index in [1.54, 1.807) is 45.9 Å². The van der Waals surface area contributed by atoms with E-state index in [1.165, 1.54) is 0 Å². The van der Waals surface area contributed by atoms with E-state index in [1.807, 2.05) is 49.8 Å². The van der Waals surface area contributed by atoms with E-state index >= 15 is 0 Å². The lowest BCUT2D eigenvalue weighted by atomic mass is 10.1. The molecule has 144 valence electrons. The summed E-state index contributed by atoms with van der Waals surface area (Å²) in [5.74, 6) is 0.894. The molecular weight excluding hydrogens is 392 g/mol. The van der Waals surface area contributed by atoms with E-state index in [2.05, 4.69) is 10.1 Å². The molecule has 6 nitrogen and oxygen atoms in total. The number of fused-ring (bicyclic) bond motifs is 1. The minimum atomic E-state index is -0.133. The summed E-state index contributed by atoms with van der Waals surface area (Å²) in [6.07, 6.45) is 3.67. The Morgan fingerprint density at radius 1 is 1.36 bits per heavy atom. The average Bonchev–Trinajstić information content (AvgIpc) is 3.38. The molecule has 0 fully saturated rings. The summed E-state index contributed by atoms with van der Waals surface area (Å²) in [6.45, 7) is 2.46. The summed E-state index contributed by atoms with van der Waals surface area (Å²) in [5, 5.41) is 7.17. The quantitative estimate of drug-likeness (QED) is 0.437. The Labute approximate surface area is 171 Å². The molecule has 0 spiro atoms. The monoisotopic (exact) mass is 412 g/mol. The number of nitrogens with zero attached hydrogens (tertiary/aromatic N) is 4. The second kappa shape index (κ2) is 7.81. The summed E-state index contributed by atoms with van der Waals surface area (Å²) in [7, 11) is 3.64. The van der Waals surface area contributed by atoms with E-state index < -0.39 is 0 Å². The SMILES string of the molecule is Cc1csc(SCc2c(C(=O)N(C)Cc3cnn(C)c3)oc3ccccc23)n1. The fourth-order valence-corrected chi connectivity index (χ4v) is 4.90. The summed E-state index contributed by atoms with van der Waals surface area (Å²) >= 11 is 3.25. The number of rotatable bonds is 6. The predicted molar refractivity (Wildman–Crippen MR) is 112 cm³/mol. The molecule has 3 heterocycles. The Bertz CT molecular complexity index is 1130. The highest BCUT2D eigenvalue weighted by atomic mass is 32.2. The molecule has 0 atom stereocenters. The first-order valence-corrected chi connectivity index (χ1v) is 10.7. The molecule has 0 aliphatic heterocycles. The Morgan fingerprint density at radius 3 is 2.89 bits per heavy atom. The first-order valence-electron chi connectivity index (χ1n) is 8.79. The lowest BCUT2D eigenvalue weighted by molar-refractivity contribution is 0.0754. The van der Waals surface area contributed by atoms with Crippen LogP contribution in [0.1, 0.15) is 27.4 Å². The van der Waals surface area contributed by atoms with Crippen LogP contribution in [0.5, 0.6) is 0 Å². The third-order valence-electron chi connectivity index (χ3n) is 4.36. The number of benzene rings is 1. The third kappa shape index (κ3) is 3.83. The van der Waals surface area contributed by atoms with Crippen molar-refractivity contribution in [3.63, 3.8) is 0 Å². The first-order chi connectivity index (χ1) is 13.5. The molecular formula is C20H20N4O2S2. The van der Waals surface area contributed by atoms with Gasteiger partial charge in [-0.25, -0.2) is 4.98 Å². The smallest absolute Gasteiger partial charge is 0.289 e. The summed E-state index contributed by atoms with van der Waals surface area (Å²) in [4.78, 5) is 19.3. The molecule has 0 aliphatic rings. The standard InChI is InChI=1S/C20H20N4O2S2/c1-13-11-27-20(22-13)28-12-16-15-6-4-5-7-17(15)26-18(16)19(25)23(2)9-14-8-21-24(3)10-14/h4-8,10-11H,9,12H2,1-3H3. The predicted octanol–water partition coefficient (Wildman–Crippen LogP) is 4.50. The van der Waals surface area contributed by atoms with Crippen molar-refractivity contribution in [2.24, 2.45) is 7.05 Å². The lowest BCUT2D eigenvalue weighted by Crippen LogP contribution is -2.26. The van der Waals surface area contributed by atoms with Gasteiger partial charge in [0, 0.05) is 60.2 Å². The fraction of sp³-hybridized carbons (Fsp3) is 0.250. The Balaban J connectivity index is 1.62. The molecule has 0 aliphatic carbocycles. The van der Waals surface area contributed by atoms with Gasteiger partial charge in [0.15, 0.2) is 5.76 Å². The van der Waals surface area contributed by atoms with Crippen LogP contribution in [0.2, 0.25) is 0 Å². The van der Waals surface area contributed by atoms with Gasteiger partial charge in [0.25, 0.3) is 5.91 Å². The Kier molecular flexibility index (Phi) is 5.23. The van der Waals surface area contributed by atoms with Gasteiger partial charge in [0.1, 0.15) is 9.92 Å². The lowest BCUT2D eigenvalue weighted by Gasteiger charge is -2.15. The number of hydrogen-bond acceptors (Lipinski definition) is 6. The molecule has 0 saturated heterocycles. The van der Waals surface area contributed by atoms with Crippen molar-refractivity contribution in [3.05, 3.63) is 64.6 Å².